The van der Waals surface area contributed by atoms with Gasteiger partial charge in [0.05, 0.1) is 5.25 Å². The van der Waals surface area contributed by atoms with Crippen LogP contribution in [0.25, 0.3) is 0 Å². The number of hydrogen-bond donors (Lipinski definition) is 2. The Morgan fingerprint density at radius 1 is 1.47 bits per heavy atom. The fourth-order valence-corrected chi connectivity index (χ4v) is 3.01. The number of nitrogens with zero attached hydrogens (tertiary/aromatic N) is 1. The van der Waals surface area contributed by atoms with E-state index in [4.69, 9.17) is 5.73 Å². The lowest BCUT2D eigenvalue weighted by atomic mass is 10.3. The van der Waals surface area contributed by atoms with Crippen LogP contribution in [0.4, 0.5) is 10.1 Å². The first-order chi connectivity index (χ1) is 9.08. The predicted molar refractivity (Wildman–Crippen MR) is 75.6 cm³/mol. The Labute approximate surface area is 116 Å². The third-order valence-corrected chi connectivity index (χ3v) is 4.22. The Morgan fingerprint density at radius 2 is 2.16 bits per heavy atom. The Kier molecular flexibility index (Phi) is 4.66. The molecule has 0 saturated carbocycles. The van der Waals surface area contributed by atoms with Gasteiger partial charge in [0, 0.05) is 36.8 Å². The summed E-state index contributed by atoms with van der Waals surface area (Å²) in [6.07, 6.45) is 0. The topological polar surface area (TPSA) is 58.4 Å². The summed E-state index contributed by atoms with van der Waals surface area (Å²) in [5, 5.41) is 2.94. The minimum Gasteiger partial charge on any atom is -0.398 e. The molecule has 2 rings (SSSR count). The monoisotopic (exact) mass is 283 g/mol. The van der Waals surface area contributed by atoms with Crippen molar-refractivity contribution in [3.63, 3.8) is 0 Å². The molecule has 1 heterocycles. The first kappa shape index (κ1) is 14.1. The van der Waals surface area contributed by atoms with Gasteiger partial charge in [0.1, 0.15) is 5.82 Å². The number of nitrogens with two attached hydrogens (primary N) is 1. The van der Waals surface area contributed by atoms with E-state index in [9.17, 15) is 9.18 Å². The summed E-state index contributed by atoms with van der Waals surface area (Å²) in [7, 11) is 0. The highest BCUT2D eigenvalue weighted by Crippen LogP contribution is 2.30. The maximum Gasteiger partial charge on any atom is 0.235 e. The number of halogens is 1. The molecular formula is C13H18FN3OS. The van der Waals surface area contributed by atoms with Gasteiger partial charge in [0.15, 0.2) is 0 Å². The minimum atomic E-state index is -0.335. The lowest BCUT2D eigenvalue weighted by Gasteiger charge is -2.29. The highest BCUT2D eigenvalue weighted by Gasteiger charge is 2.23. The maximum atomic E-state index is 13.2. The second-order valence-electron chi connectivity index (χ2n) is 4.52. The standard InChI is InChI=1S/C13H18FN3OS/c1-9(13(18)17-6-4-16-5-7-17)19-12-8-10(14)2-3-11(12)15/h2-3,8-9,16H,4-7,15H2,1H3. The third-order valence-electron chi connectivity index (χ3n) is 3.06. The minimum absolute atomic E-state index is 0.0789. The van der Waals surface area contributed by atoms with E-state index in [0.717, 1.165) is 26.2 Å². The number of nitrogen functional groups attached to an aromatic ring is 1. The summed E-state index contributed by atoms with van der Waals surface area (Å²) < 4.78 is 13.2. The summed E-state index contributed by atoms with van der Waals surface area (Å²) in [6.45, 7) is 4.93. The molecule has 1 aliphatic heterocycles. The molecule has 6 heteroatoms. The van der Waals surface area contributed by atoms with E-state index in [1.807, 2.05) is 11.8 Å². The lowest BCUT2D eigenvalue weighted by molar-refractivity contribution is -0.130. The van der Waals surface area contributed by atoms with Crippen LogP contribution in [-0.2, 0) is 4.79 Å². The fourth-order valence-electron chi connectivity index (χ4n) is 1.99. The molecule has 4 nitrogen and oxygen atoms in total. The van der Waals surface area contributed by atoms with Crippen LogP contribution in [0.1, 0.15) is 6.92 Å². The van der Waals surface area contributed by atoms with E-state index >= 15 is 0 Å². The Balaban J connectivity index is 2.01. The molecule has 0 radical (unpaired) electrons. The average molecular weight is 283 g/mol. The SMILES string of the molecule is CC(Sc1cc(F)ccc1N)C(=O)N1CCNCC1. The highest BCUT2D eigenvalue weighted by molar-refractivity contribution is 8.00. The van der Waals surface area contributed by atoms with Crippen molar-refractivity contribution in [1.29, 1.82) is 0 Å². The fraction of sp³-hybridized carbons (Fsp3) is 0.462. The molecule has 3 N–H and O–H groups in total. The summed E-state index contributed by atoms with van der Waals surface area (Å²) in [5.74, 6) is -0.256. The number of nitrogens with one attached hydrogen (secondary N) is 1. The second-order valence-corrected chi connectivity index (χ2v) is 5.90. The number of benzene rings is 1. The van der Waals surface area contributed by atoms with Crippen molar-refractivity contribution < 1.29 is 9.18 Å². The van der Waals surface area contributed by atoms with Gasteiger partial charge in [-0.3, -0.25) is 4.79 Å². The highest BCUT2D eigenvalue weighted by atomic mass is 32.2. The molecule has 1 saturated heterocycles. The largest absolute Gasteiger partial charge is 0.398 e. The van der Waals surface area contributed by atoms with Crippen molar-refractivity contribution in [3.05, 3.63) is 24.0 Å². The number of anilines is 1. The summed E-state index contributed by atoms with van der Waals surface area (Å²) in [4.78, 5) is 14.7. The molecular weight excluding hydrogens is 265 g/mol. The number of thioether (sulfide) groups is 1. The van der Waals surface area contributed by atoms with Crippen molar-refractivity contribution >= 4 is 23.4 Å². The Hall–Kier alpha value is -1.27. The molecule has 0 aliphatic carbocycles. The third kappa shape index (κ3) is 3.61. The van der Waals surface area contributed by atoms with Crippen LogP contribution in [0.15, 0.2) is 23.1 Å². The molecule has 0 bridgehead atoms. The molecule has 1 aliphatic rings. The van der Waals surface area contributed by atoms with E-state index < -0.39 is 0 Å². The molecule has 19 heavy (non-hydrogen) atoms. The van der Waals surface area contributed by atoms with Gasteiger partial charge in [-0.15, -0.1) is 11.8 Å². The van der Waals surface area contributed by atoms with Gasteiger partial charge in [-0.2, -0.15) is 0 Å². The van der Waals surface area contributed by atoms with Crippen molar-refractivity contribution in [2.45, 2.75) is 17.1 Å². The molecule has 0 aromatic heterocycles. The molecule has 0 spiro atoms. The summed E-state index contributed by atoms with van der Waals surface area (Å²) >= 11 is 1.31. The van der Waals surface area contributed by atoms with Crippen LogP contribution >= 0.6 is 11.8 Å². The van der Waals surface area contributed by atoms with Crippen molar-refractivity contribution in [2.24, 2.45) is 0 Å². The first-order valence-electron chi connectivity index (χ1n) is 6.29. The van der Waals surface area contributed by atoms with Gasteiger partial charge in [-0.05, 0) is 25.1 Å². The Morgan fingerprint density at radius 3 is 2.84 bits per heavy atom. The van der Waals surface area contributed by atoms with E-state index in [-0.39, 0.29) is 17.0 Å². The molecule has 1 atom stereocenters. The van der Waals surface area contributed by atoms with Crippen molar-refractivity contribution in [1.82, 2.24) is 10.2 Å². The average Bonchev–Trinajstić information content (AvgIpc) is 2.43. The number of amides is 1. The number of piperazine rings is 1. The van der Waals surface area contributed by atoms with Crippen LogP contribution in [-0.4, -0.2) is 42.2 Å². The summed E-state index contributed by atoms with van der Waals surface area (Å²) in [5.41, 5.74) is 6.30. The van der Waals surface area contributed by atoms with Crippen LogP contribution in [0.5, 0.6) is 0 Å². The molecule has 1 unspecified atom stereocenters. The van der Waals surface area contributed by atoms with Crippen molar-refractivity contribution in [3.8, 4) is 0 Å². The normalized spacial score (nSPS) is 17.3. The van der Waals surface area contributed by atoms with Gasteiger partial charge >= 0.3 is 0 Å². The van der Waals surface area contributed by atoms with Crippen LogP contribution in [0, 0.1) is 5.82 Å². The molecule has 1 fully saturated rings. The number of rotatable bonds is 3. The molecule has 104 valence electrons. The smallest absolute Gasteiger partial charge is 0.235 e. The molecule has 1 aromatic rings. The Bertz CT molecular complexity index is 463. The van der Waals surface area contributed by atoms with Crippen LogP contribution in [0.3, 0.4) is 0 Å². The molecule has 1 aromatic carbocycles. The number of carbonyl (C=O) groups is 1. The maximum absolute atomic E-state index is 13.2. The summed E-state index contributed by atoms with van der Waals surface area (Å²) in [6, 6.07) is 4.23. The zero-order chi connectivity index (χ0) is 13.8. The van der Waals surface area contributed by atoms with Crippen LogP contribution in [0.2, 0.25) is 0 Å². The van der Waals surface area contributed by atoms with Gasteiger partial charge in [-0.1, -0.05) is 0 Å². The van der Waals surface area contributed by atoms with E-state index in [0.29, 0.717) is 10.6 Å². The lowest BCUT2D eigenvalue weighted by Crippen LogP contribution is -2.48. The van der Waals surface area contributed by atoms with Gasteiger partial charge in [-0.25, -0.2) is 4.39 Å². The van der Waals surface area contributed by atoms with Crippen LogP contribution < -0.4 is 11.1 Å². The van der Waals surface area contributed by atoms with E-state index in [1.54, 1.807) is 0 Å². The predicted octanol–water partition coefficient (Wildman–Crippen LogP) is 1.32. The quantitative estimate of drug-likeness (QED) is 0.649. The molecule has 1 amide bonds. The van der Waals surface area contributed by atoms with Gasteiger partial charge < -0.3 is 16.0 Å². The van der Waals surface area contributed by atoms with Gasteiger partial charge in [0.25, 0.3) is 0 Å². The zero-order valence-corrected chi connectivity index (χ0v) is 11.7. The number of hydrogen-bond acceptors (Lipinski definition) is 4. The number of carbonyl (C=O) groups excluding carboxylic acids is 1. The van der Waals surface area contributed by atoms with Crippen molar-refractivity contribution in [2.75, 3.05) is 31.9 Å². The van der Waals surface area contributed by atoms with E-state index in [1.165, 1.54) is 30.0 Å². The zero-order valence-electron chi connectivity index (χ0n) is 10.9. The van der Waals surface area contributed by atoms with E-state index in [2.05, 4.69) is 5.32 Å². The van der Waals surface area contributed by atoms with Gasteiger partial charge in [0.2, 0.25) is 5.91 Å². The second kappa shape index (κ2) is 6.25. The first-order valence-corrected chi connectivity index (χ1v) is 7.17.